The molecule has 5 nitrogen and oxygen atoms in total. The fourth-order valence-electron chi connectivity index (χ4n) is 2.50. The number of nitrogens with zero attached hydrogens (tertiary/aromatic N) is 3. The second-order valence-corrected chi connectivity index (χ2v) is 7.73. The topological polar surface area (TPSA) is 55.2 Å². The van der Waals surface area contributed by atoms with E-state index in [1.165, 1.54) is 36.1 Å². The van der Waals surface area contributed by atoms with E-state index >= 15 is 0 Å². The first-order valence-corrected chi connectivity index (χ1v) is 9.19. The van der Waals surface area contributed by atoms with Gasteiger partial charge in [0.05, 0.1) is 28.3 Å². The van der Waals surface area contributed by atoms with E-state index in [0.717, 1.165) is 4.31 Å². The van der Waals surface area contributed by atoms with Crippen molar-refractivity contribution in [3.05, 3.63) is 71.3 Å². The van der Waals surface area contributed by atoms with Crippen LogP contribution in [0.25, 0.3) is 5.69 Å². The number of hydrogen-bond acceptors (Lipinski definition) is 3. The Kier molecular flexibility index (Phi) is 4.53. The SMILES string of the molecule is Cc1c(S(=O)(=O)N(C)c2ccccc2F)cnn1-c1ccccc1Cl. The second-order valence-electron chi connectivity index (χ2n) is 5.38. The molecule has 130 valence electrons. The van der Waals surface area contributed by atoms with Crippen LogP contribution in [-0.2, 0) is 10.0 Å². The van der Waals surface area contributed by atoms with E-state index in [9.17, 15) is 12.8 Å². The lowest BCUT2D eigenvalue weighted by Crippen LogP contribution is -2.27. The Morgan fingerprint density at radius 1 is 1.12 bits per heavy atom. The van der Waals surface area contributed by atoms with Crippen LogP contribution in [0, 0.1) is 12.7 Å². The van der Waals surface area contributed by atoms with Gasteiger partial charge in [0.1, 0.15) is 10.7 Å². The van der Waals surface area contributed by atoms with E-state index in [-0.39, 0.29) is 10.6 Å². The molecule has 0 aliphatic heterocycles. The standard InChI is InChI=1S/C17H15ClFN3O2S/c1-12-17(11-20-22(12)15-9-5-3-7-13(15)18)25(23,24)21(2)16-10-6-4-8-14(16)19/h3-11H,1-2H3. The molecular formula is C17H15ClFN3O2S. The molecule has 0 aliphatic rings. The molecule has 0 aliphatic carbocycles. The van der Waals surface area contributed by atoms with Crippen LogP contribution < -0.4 is 4.31 Å². The van der Waals surface area contributed by atoms with Gasteiger partial charge in [-0.25, -0.2) is 17.5 Å². The average Bonchev–Trinajstić information content (AvgIpc) is 2.97. The molecule has 0 atom stereocenters. The summed E-state index contributed by atoms with van der Waals surface area (Å²) in [5, 5.41) is 4.59. The summed E-state index contributed by atoms with van der Waals surface area (Å²) in [6.07, 6.45) is 1.24. The maximum atomic E-state index is 14.0. The first-order chi connectivity index (χ1) is 11.8. The number of hydrogen-bond donors (Lipinski definition) is 0. The van der Waals surface area contributed by atoms with Crippen LogP contribution in [-0.4, -0.2) is 25.2 Å². The van der Waals surface area contributed by atoms with E-state index in [1.807, 2.05) is 0 Å². The summed E-state index contributed by atoms with van der Waals surface area (Å²) in [4.78, 5) is -0.0156. The third kappa shape index (κ3) is 3.01. The Morgan fingerprint density at radius 3 is 2.44 bits per heavy atom. The number of anilines is 1. The fraction of sp³-hybridized carbons (Fsp3) is 0.118. The minimum absolute atomic E-state index is 0.0156. The van der Waals surface area contributed by atoms with E-state index in [2.05, 4.69) is 5.10 Å². The first kappa shape index (κ1) is 17.4. The molecule has 1 heterocycles. The highest BCUT2D eigenvalue weighted by atomic mass is 35.5. The molecule has 0 spiro atoms. The highest BCUT2D eigenvalue weighted by molar-refractivity contribution is 7.92. The largest absolute Gasteiger partial charge is 0.267 e. The molecule has 8 heteroatoms. The van der Waals surface area contributed by atoms with E-state index in [1.54, 1.807) is 37.3 Å². The molecule has 3 rings (SSSR count). The molecule has 0 amide bonds. The van der Waals surface area contributed by atoms with Crippen molar-refractivity contribution in [3.8, 4) is 5.69 Å². The van der Waals surface area contributed by atoms with Crippen molar-refractivity contribution in [2.45, 2.75) is 11.8 Å². The van der Waals surface area contributed by atoms with E-state index in [4.69, 9.17) is 11.6 Å². The Bertz CT molecular complexity index is 1030. The van der Waals surface area contributed by atoms with Crippen LogP contribution in [0.15, 0.2) is 59.6 Å². The van der Waals surface area contributed by atoms with Crippen LogP contribution in [0.3, 0.4) is 0 Å². The van der Waals surface area contributed by atoms with Crippen molar-refractivity contribution in [3.63, 3.8) is 0 Å². The molecule has 0 saturated carbocycles. The van der Waals surface area contributed by atoms with E-state index in [0.29, 0.717) is 16.4 Å². The van der Waals surface area contributed by atoms with Crippen LogP contribution in [0.2, 0.25) is 5.02 Å². The quantitative estimate of drug-likeness (QED) is 0.692. The van der Waals surface area contributed by atoms with Crippen molar-refractivity contribution in [1.82, 2.24) is 9.78 Å². The smallest absolute Gasteiger partial charge is 0.266 e. The number of halogens is 2. The maximum Gasteiger partial charge on any atom is 0.267 e. The van der Waals surface area contributed by atoms with Gasteiger partial charge >= 0.3 is 0 Å². The summed E-state index contributed by atoms with van der Waals surface area (Å²) in [5.74, 6) is -0.621. The van der Waals surface area contributed by atoms with Crippen molar-refractivity contribution in [1.29, 1.82) is 0 Å². The molecular weight excluding hydrogens is 365 g/mol. The number of para-hydroxylation sites is 2. The molecule has 0 bridgehead atoms. The molecule has 0 saturated heterocycles. The molecule has 3 aromatic rings. The van der Waals surface area contributed by atoms with Crippen molar-refractivity contribution in [2.75, 3.05) is 11.4 Å². The molecule has 1 aromatic heterocycles. The summed E-state index contributed by atoms with van der Waals surface area (Å²) < 4.78 is 42.1. The molecule has 0 fully saturated rings. The van der Waals surface area contributed by atoms with Gasteiger partial charge in [0, 0.05) is 7.05 Å². The number of aromatic nitrogens is 2. The van der Waals surface area contributed by atoms with Gasteiger partial charge in [-0.2, -0.15) is 5.10 Å². The summed E-state index contributed by atoms with van der Waals surface area (Å²) in [7, 11) is -2.67. The molecule has 0 radical (unpaired) electrons. The molecule has 0 unspecified atom stereocenters. The lowest BCUT2D eigenvalue weighted by molar-refractivity contribution is 0.589. The molecule has 25 heavy (non-hydrogen) atoms. The Balaban J connectivity index is 2.08. The summed E-state index contributed by atoms with van der Waals surface area (Å²) in [6, 6.07) is 12.7. The van der Waals surface area contributed by atoms with Gasteiger partial charge in [-0.15, -0.1) is 0 Å². The third-order valence-corrected chi connectivity index (χ3v) is 6.07. The highest BCUT2D eigenvalue weighted by Gasteiger charge is 2.28. The van der Waals surface area contributed by atoms with Crippen molar-refractivity contribution in [2.24, 2.45) is 0 Å². The number of rotatable bonds is 4. The Hall–Kier alpha value is -2.38. The van der Waals surface area contributed by atoms with Crippen molar-refractivity contribution >= 4 is 27.3 Å². The van der Waals surface area contributed by atoms with E-state index < -0.39 is 15.8 Å². The van der Waals surface area contributed by atoms with Crippen LogP contribution in [0.5, 0.6) is 0 Å². The minimum atomic E-state index is -3.98. The fourth-order valence-corrected chi connectivity index (χ4v) is 4.06. The summed E-state index contributed by atoms with van der Waals surface area (Å²) >= 11 is 6.16. The van der Waals surface area contributed by atoms with Gasteiger partial charge in [0.15, 0.2) is 0 Å². The second kappa shape index (κ2) is 6.50. The summed E-state index contributed by atoms with van der Waals surface area (Å²) in [6.45, 7) is 1.62. The lowest BCUT2D eigenvalue weighted by atomic mass is 10.3. The Labute approximate surface area is 150 Å². The molecule has 0 N–H and O–H groups in total. The average molecular weight is 380 g/mol. The van der Waals surface area contributed by atoms with Crippen LogP contribution >= 0.6 is 11.6 Å². The first-order valence-electron chi connectivity index (χ1n) is 7.37. The van der Waals surface area contributed by atoms with Gasteiger partial charge in [-0.05, 0) is 31.2 Å². The zero-order chi connectivity index (χ0) is 18.2. The minimum Gasteiger partial charge on any atom is -0.266 e. The van der Waals surface area contributed by atoms with Crippen LogP contribution in [0.4, 0.5) is 10.1 Å². The zero-order valence-corrected chi connectivity index (χ0v) is 15.1. The van der Waals surface area contributed by atoms with Gasteiger partial charge in [-0.3, -0.25) is 4.31 Å². The Morgan fingerprint density at radius 2 is 1.76 bits per heavy atom. The van der Waals surface area contributed by atoms with Crippen molar-refractivity contribution < 1.29 is 12.8 Å². The highest BCUT2D eigenvalue weighted by Crippen LogP contribution is 2.28. The van der Waals surface area contributed by atoms with Gasteiger partial charge in [-0.1, -0.05) is 35.9 Å². The number of sulfonamides is 1. The van der Waals surface area contributed by atoms with Gasteiger partial charge in [0.25, 0.3) is 10.0 Å². The normalized spacial score (nSPS) is 11.5. The lowest BCUT2D eigenvalue weighted by Gasteiger charge is -2.19. The van der Waals surface area contributed by atoms with Gasteiger partial charge < -0.3 is 0 Å². The van der Waals surface area contributed by atoms with Gasteiger partial charge in [0.2, 0.25) is 0 Å². The number of benzene rings is 2. The predicted molar refractivity (Wildman–Crippen MR) is 95.3 cm³/mol. The third-order valence-electron chi connectivity index (χ3n) is 3.88. The maximum absolute atomic E-state index is 14.0. The monoisotopic (exact) mass is 379 g/mol. The molecule has 2 aromatic carbocycles. The summed E-state index contributed by atoms with van der Waals surface area (Å²) in [5.41, 5.74) is 0.917. The van der Waals surface area contributed by atoms with Crippen LogP contribution in [0.1, 0.15) is 5.69 Å². The predicted octanol–water partition coefficient (Wildman–Crippen LogP) is 3.80. The zero-order valence-electron chi connectivity index (χ0n) is 13.5.